The molecule has 33 heavy (non-hydrogen) atoms. The summed E-state index contributed by atoms with van der Waals surface area (Å²) in [6.07, 6.45) is 2.97. The zero-order valence-electron chi connectivity index (χ0n) is 19.5. The summed E-state index contributed by atoms with van der Waals surface area (Å²) in [6.45, 7) is 9.59. The van der Waals surface area contributed by atoms with Crippen LogP contribution >= 0.6 is 23.1 Å². The molecule has 2 aromatic heterocycles. The minimum absolute atomic E-state index is 0.130. The number of hydrogen-bond acceptors (Lipinski definition) is 6. The number of rotatable bonds is 6. The largest absolute Gasteiger partial charge is 0.316 e. The van der Waals surface area contributed by atoms with Crippen molar-refractivity contribution in [3.8, 4) is 17.5 Å². The monoisotopic (exact) mass is 479 g/mol. The van der Waals surface area contributed by atoms with Crippen molar-refractivity contribution in [2.45, 2.75) is 58.7 Å². The SMILES string of the molecule is CCn1c(SCC(=O)Nc2sc3c(c2C#N)CC[C@H](C(C)(C)C)C3)nnc1-c1ccccc1. The number of nitrogens with one attached hydrogen (secondary N) is 1. The average molecular weight is 480 g/mol. The lowest BCUT2D eigenvalue weighted by molar-refractivity contribution is -0.113. The molecule has 3 aromatic rings. The summed E-state index contributed by atoms with van der Waals surface area (Å²) in [5.41, 5.74) is 3.01. The van der Waals surface area contributed by atoms with Crippen LogP contribution in [-0.2, 0) is 24.2 Å². The van der Waals surface area contributed by atoms with Crippen molar-refractivity contribution >= 4 is 34.0 Å². The minimum atomic E-state index is -0.130. The highest BCUT2D eigenvalue weighted by Gasteiger charge is 2.32. The number of carbonyl (C=O) groups is 1. The molecule has 0 fully saturated rings. The van der Waals surface area contributed by atoms with Gasteiger partial charge in [0.15, 0.2) is 11.0 Å². The number of thioether (sulfide) groups is 1. The molecule has 0 saturated heterocycles. The molecule has 1 aliphatic carbocycles. The van der Waals surface area contributed by atoms with Crippen LogP contribution in [0.5, 0.6) is 0 Å². The van der Waals surface area contributed by atoms with Gasteiger partial charge in [-0.05, 0) is 43.1 Å². The third kappa shape index (κ3) is 4.99. The van der Waals surface area contributed by atoms with Gasteiger partial charge < -0.3 is 9.88 Å². The van der Waals surface area contributed by atoms with Gasteiger partial charge in [-0.15, -0.1) is 21.5 Å². The van der Waals surface area contributed by atoms with Crippen LogP contribution < -0.4 is 5.32 Å². The van der Waals surface area contributed by atoms with Gasteiger partial charge >= 0.3 is 0 Å². The number of hydrogen-bond donors (Lipinski definition) is 1. The van der Waals surface area contributed by atoms with E-state index in [0.29, 0.717) is 28.2 Å². The maximum atomic E-state index is 12.8. The quantitative estimate of drug-likeness (QED) is 0.453. The number of benzene rings is 1. The fourth-order valence-electron chi connectivity index (χ4n) is 4.31. The lowest BCUT2D eigenvalue weighted by atomic mass is 9.72. The summed E-state index contributed by atoms with van der Waals surface area (Å²) < 4.78 is 2.02. The van der Waals surface area contributed by atoms with Crippen molar-refractivity contribution in [3.05, 3.63) is 46.3 Å². The topological polar surface area (TPSA) is 83.6 Å². The summed E-state index contributed by atoms with van der Waals surface area (Å²) in [5, 5.41) is 22.8. The summed E-state index contributed by atoms with van der Waals surface area (Å²) >= 11 is 2.93. The summed E-state index contributed by atoms with van der Waals surface area (Å²) in [7, 11) is 0. The maximum Gasteiger partial charge on any atom is 0.235 e. The van der Waals surface area contributed by atoms with E-state index in [0.717, 1.165) is 36.2 Å². The van der Waals surface area contributed by atoms with E-state index in [4.69, 9.17) is 0 Å². The first-order valence-corrected chi connectivity index (χ1v) is 13.1. The van der Waals surface area contributed by atoms with E-state index < -0.39 is 0 Å². The number of aromatic nitrogens is 3. The van der Waals surface area contributed by atoms with Gasteiger partial charge in [-0.3, -0.25) is 4.79 Å². The normalized spacial score (nSPS) is 15.7. The van der Waals surface area contributed by atoms with E-state index in [-0.39, 0.29) is 17.1 Å². The second-order valence-electron chi connectivity index (χ2n) is 9.38. The van der Waals surface area contributed by atoms with Crippen LogP contribution in [0.25, 0.3) is 11.4 Å². The molecule has 172 valence electrons. The van der Waals surface area contributed by atoms with E-state index in [2.05, 4.69) is 42.4 Å². The Morgan fingerprint density at radius 3 is 2.73 bits per heavy atom. The molecule has 8 heteroatoms. The zero-order chi connectivity index (χ0) is 23.6. The van der Waals surface area contributed by atoms with Crippen molar-refractivity contribution in [2.75, 3.05) is 11.1 Å². The molecule has 1 N–H and O–H groups in total. The molecule has 1 aliphatic rings. The highest BCUT2D eigenvalue weighted by molar-refractivity contribution is 7.99. The third-order valence-electron chi connectivity index (χ3n) is 6.25. The molecule has 6 nitrogen and oxygen atoms in total. The Hall–Kier alpha value is -2.63. The Labute approximate surface area is 203 Å². The number of amides is 1. The molecule has 0 unspecified atom stereocenters. The number of fused-ring (bicyclic) bond motifs is 1. The predicted octanol–water partition coefficient (Wildman–Crippen LogP) is 5.78. The standard InChI is InChI=1S/C25H29N5OS2/c1-5-30-22(16-9-7-6-8-10-16)28-29-24(30)32-15-21(31)27-23-19(14-26)18-12-11-17(25(2,3)4)13-20(18)33-23/h6-10,17H,5,11-13,15H2,1-4H3,(H,27,31)/t17-/m0/s1. The molecular weight excluding hydrogens is 450 g/mol. The molecule has 0 spiro atoms. The predicted molar refractivity (Wildman–Crippen MR) is 134 cm³/mol. The number of nitriles is 1. The number of nitrogens with zero attached hydrogens (tertiary/aromatic N) is 4. The number of carbonyl (C=O) groups excluding carboxylic acids is 1. The Kier molecular flexibility index (Phi) is 6.91. The summed E-state index contributed by atoms with van der Waals surface area (Å²) in [5.74, 6) is 1.47. The van der Waals surface area contributed by atoms with Crippen LogP contribution in [0.1, 0.15) is 50.1 Å². The van der Waals surface area contributed by atoms with Gasteiger partial charge in [-0.25, -0.2) is 0 Å². The van der Waals surface area contributed by atoms with Crippen molar-refractivity contribution in [3.63, 3.8) is 0 Å². The smallest absolute Gasteiger partial charge is 0.235 e. The number of anilines is 1. The maximum absolute atomic E-state index is 12.8. The first-order valence-electron chi connectivity index (χ1n) is 11.3. The summed E-state index contributed by atoms with van der Waals surface area (Å²) in [6, 6.07) is 12.3. The zero-order valence-corrected chi connectivity index (χ0v) is 21.1. The molecule has 1 aromatic carbocycles. The summed E-state index contributed by atoms with van der Waals surface area (Å²) in [4.78, 5) is 14.0. The fraction of sp³-hybridized carbons (Fsp3) is 0.440. The van der Waals surface area contributed by atoms with E-state index >= 15 is 0 Å². The molecule has 4 rings (SSSR count). The van der Waals surface area contributed by atoms with Gasteiger partial charge in [0.25, 0.3) is 0 Å². The van der Waals surface area contributed by atoms with E-state index in [1.165, 1.54) is 16.6 Å². The van der Waals surface area contributed by atoms with Gasteiger partial charge in [0.05, 0.1) is 11.3 Å². The highest BCUT2D eigenvalue weighted by atomic mass is 32.2. The Morgan fingerprint density at radius 2 is 2.06 bits per heavy atom. The highest BCUT2D eigenvalue weighted by Crippen LogP contribution is 2.44. The van der Waals surface area contributed by atoms with Gasteiger partial charge in [0, 0.05) is 17.0 Å². The third-order valence-corrected chi connectivity index (χ3v) is 8.39. The molecule has 0 bridgehead atoms. The average Bonchev–Trinajstić information content (AvgIpc) is 3.37. The van der Waals surface area contributed by atoms with E-state index in [1.807, 2.05) is 41.8 Å². The van der Waals surface area contributed by atoms with Crippen molar-refractivity contribution in [1.82, 2.24) is 14.8 Å². The van der Waals surface area contributed by atoms with E-state index in [9.17, 15) is 10.1 Å². The first kappa shape index (κ1) is 23.5. The van der Waals surface area contributed by atoms with Gasteiger partial charge in [0.2, 0.25) is 5.91 Å². The fourth-order valence-corrected chi connectivity index (χ4v) is 6.40. The molecular formula is C25H29N5OS2. The Bertz CT molecular complexity index is 1180. The Morgan fingerprint density at radius 1 is 1.30 bits per heavy atom. The van der Waals surface area contributed by atoms with Crippen LogP contribution in [0, 0.1) is 22.7 Å². The first-order chi connectivity index (χ1) is 15.8. The molecule has 1 atom stereocenters. The van der Waals surface area contributed by atoms with Crippen molar-refractivity contribution in [1.29, 1.82) is 5.26 Å². The van der Waals surface area contributed by atoms with E-state index in [1.54, 1.807) is 11.3 Å². The van der Waals surface area contributed by atoms with Gasteiger partial charge in [0.1, 0.15) is 11.1 Å². The van der Waals surface area contributed by atoms with Crippen molar-refractivity contribution in [2.24, 2.45) is 11.3 Å². The second-order valence-corrected chi connectivity index (χ2v) is 11.4. The van der Waals surface area contributed by atoms with Gasteiger partial charge in [-0.2, -0.15) is 5.26 Å². The lowest BCUT2D eigenvalue weighted by Gasteiger charge is -2.33. The Balaban J connectivity index is 1.45. The molecule has 0 aliphatic heterocycles. The molecule has 0 saturated carbocycles. The van der Waals surface area contributed by atoms with Crippen molar-refractivity contribution < 1.29 is 4.79 Å². The van der Waals surface area contributed by atoms with Gasteiger partial charge in [-0.1, -0.05) is 62.9 Å². The van der Waals surface area contributed by atoms with Crippen LogP contribution in [0.3, 0.4) is 0 Å². The molecule has 2 heterocycles. The number of thiophene rings is 1. The second kappa shape index (κ2) is 9.70. The van der Waals surface area contributed by atoms with Crippen LogP contribution in [0.2, 0.25) is 0 Å². The van der Waals surface area contributed by atoms with Crippen LogP contribution in [0.15, 0.2) is 35.5 Å². The molecule has 1 amide bonds. The minimum Gasteiger partial charge on any atom is -0.316 e. The lowest BCUT2D eigenvalue weighted by Crippen LogP contribution is -2.26. The van der Waals surface area contributed by atoms with Crippen LogP contribution in [0.4, 0.5) is 5.00 Å². The van der Waals surface area contributed by atoms with Crippen LogP contribution in [-0.4, -0.2) is 26.4 Å². The molecule has 0 radical (unpaired) electrons.